The van der Waals surface area contributed by atoms with Crippen molar-refractivity contribution >= 4 is 40.5 Å². The number of rotatable bonds is 3. The van der Waals surface area contributed by atoms with Crippen molar-refractivity contribution in [1.29, 1.82) is 0 Å². The lowest BCUT2D eigenvalue weighted by molar-refractivity contribution is 0.100. The minimum atomic E-state index is -4.80. The van der Waals surface area contributed by atoms with Gasteiger partial charge in [-0.1, -0.05) is 0 Å². The SMILES string of the molecule is NC(=O)c1cc2cc(C(=O)P(=O)(O)O)ccc2s1. The second-order valence-corrected chi connectivity index (χ2v) is 6.15. The van der Waals surface area contributed by atoms with Crippen molar-refractivity contribution < 1.29 is 23.9 Å². The Morgan fingerprint density at radius 2 is 1.89 bits per heavy atom. The van der Waals surface area contributed by atoms with Crippen molar-refractivity contribution in [3.8, 4) is 0 Å². The molecular weight excluding hydrogens is 277 g/mol. The van der Waals surface area contributed by atoms with Crippen LogP contribution in [0.25, 0.3) is 10.1 Å². The van der Waals surface area contributed by atoms with E-state index in [0.717, 1.165) is 11.3 Å². The lowest BCUT2D eigenvalue weighted by Gasteiger charge is -2.02. The van der Waals surface area contributed by atoms with Crippen LogP contribution in [0.15, 0.2) is 24.3 Å². The number of primary amides is 1. The molecule has 4 N–H and O–H groups in total. The normalized spacial score (nSPS) is 11.7. The Labute approximate surface area is 105 Å². The molecule has 0 fully saturated rings. The third-order valence-corrected chi connectivity index (χ3v) is 4.19. The van der Waals surface area contributed by atoms with Crippen LogP contribution < -0.4 is 5.73 Å². The predicted molar refractivity (Wildman–Crippen MR) is 66.7 cm³/mol. The van der Waals surface area contributed by atoms with Crippen molar-refractivity contribution in [2.45, 2.75) is 0 Å². The summed E-state index contributed by atoms with van der Waals surface area (Å²) in [6.07, 6.45) is 0. The van der Waals surface area contributed by atoms with E-state index >= 15 is 0 Å². The van der Waals surface area contributed by atoms with Crippen LogP contribution in [-0.4, -0.2) is 21.2 Å². The maximum absolute atomic E-state index is 11.4. The molecule has 0 saturated heterocycles. The quantitative estimate of drug-likeness (QED) is 0.735. The van der Waals surface area contributed by atoms with Gasteiger partial charge in [-0.05, 0) is 29.7 Å². The smallest absolute Gasteiger partial charge is 0.365 e. The molecule has 0 aliphatic heterocycles. The van der Waals surface area contributed by atoms with Gasteiger partial charge < -0.3 is 15.5 Å². The van der Waals surface area contributed by atoms with Gasteiger partial charge >= 0.3 is 7.60 Å². The number of carbonyl (C=O) groups excluding carboxylic acids is 2. The molecule has 94 valence electrons. The van der Waals surface area contributed by atoms with Crippen molar-refractivity contribution in [1.82, 2.24) is 0 Å². The van der Waals surface area contributed by atoms with E-state index in [1.54, 1.807) is 0 Å². The first kappa shape index (κ1) is 12.9. The largest absolute Gasteiger partial charge is 0.396 e. The third-order valence-electron chi connectivity index (χ3n) is 2.27. The minimum Gasteiger partial charge on any atom is -0.365 e. The highest BCUT2D eigenvalue weighted by Crippen LogP contribution is 2.40. The first-order valence-corrected chi connectivity index (χ1v) is 7.16. The fraction of sp³-hybridized carbons (Fsp3) is 0. The van der Waals surface area contributed by atoms with Crippen LogP contribution in [0.1, 0.15) is 20.0 Å². The Balaban J connectivity index is 2.54. The summed E-state index contributed by atoms with van der Waals surface area (Å²) in [5, 5.41) is 0.549. The van der Waals surface area contributed by atoms with Crippen LogP contribution in [0, 0.1) is 0 Å². The summed E-state index contributed by atoms with van der Waals surface area (Å²) < 4.78 is 11.6. The molecule has 2 rings (SSSR count). The molecule has 0 aliphatic carbocycles. The number of thiophene rings is 1. The van der Waals surface area contributed by atoms with Crippen molar-refractivity contribution in [2.24, 2.45) is 5.73 Å². The van der Waals surface area contributed by atoms with Gasteiger partial charge in [-0.15, -0.1) is 11.3 Å². The van der Waals surface area contributed by atoms with E-state index in [0.29, 0.717) is 15.0 Å². The van der Waals surface area contributed by atoms with Crippen LogP contribution in [0.4, 0.5) is 0 Å². The van der Waals surface area contributed by atoms with Gasteiger partial charge in [0.15, 0.2) is 0 Å². The lowest BCUT2D eigenvalue weighted by Crippen LogP contribution is -2.07. The monoisotopic (exact) mass is 285 g/mol. The molecule has 0 bridgehead atoms. The number of amides is 1. The van der Waals surface area contributed by atoms with Crippen molar-refractivity contribution in [2.75, 3.05) is 0 Å². The highest BCUT2D eigenvalue weighted by Gasteiger charge is 2.27. The number of nitrogens with two attached hydrogens (primary N) is 1. The topological polar surface area (TPSA) is 118 Å². The van der Waals surface area contributed by atoms with E-state index in [1.165, 1.54) is 24.3 Å². The van der Waals surface area contributed by atoms with E-state index in [9.17, 15) is 14.2 Å². The molecule has 0 saturated carbocycles. The van der Waals surface area contributed by atoms with Gasteiger partial charge in [0.2, 0.25) is 0 Å². The molecule has 0 spiro atoms. The second kappa shape index (κ2) is 4.29. The van der Waals surface area contributed by atoms with Gasteiger partial charge in [0.1, 0.15) is 0 Å². The third kappa shape index (κ3) is 2.34. The van der Waals surface area contributed by atoms with Gasteiger partial charge in [0.05, 0.1) is 4.88 Å². The molecule has 0 aliphatic rings. The number of carbonyl (C=O) groups is 2. The molecule has 1 aromatic heterocycles. The summed E-state index contributed by atoms with van der Waals surface area (Å²) in [6, 6.07) is 5.65. The first-order chi connectivity index (χ1) is 8.29. The lowest BCUT2D eigenvalue weighted by atomic mass is 10.2. The van der Waals surface area contributed by atoms with Crippen LogP contribution in [0.5, 0.6) is 0 Å². The van der Waals surface area contributed by atoms with Crippen molar-refractivity contribution in [3.05, 3.63) is 34.7 Å². The summed E-state index contributed by atoms with van der Waals surface area (Å²) in [6.45, 7) is 0. The Kier molecular flexibility index (Phi) is 3.08. The minimum absolute atomic E-state index is 0.0929. The van der Waals surface area contributed by atoms with Gasteiger partial charge in [-0.3, -0.25) is 14.2 Å². The van der Waals surface area contributed by atoms with Gasteiger partial charge in [0.25, 0.3) is 11.4 Å². The first-order valence-electron chi connectivity index (χ1n) is 4.73. The van der Waals surface area contributed by atoms with Gasteiger partial charge in [-0.2, -0.15) is 0 Å². The summed E-state index contributed by atoms with van der Waals surface area (Å²) in [5.74, 6) is -0.584. The highest BCUT2D eigenvalue weighted by atomic mass is 32.1. The number of fused-ring (bicyclic) bond motifs is 1. The van der Waals surface area contributed by atoms with E-state index in [1.807, 2.05) is 0 Å². The number of benzene rings is 1. The fourth-order valence-electron chi connectivity index (χ4n) is 1.47. The Bertz CT molecular complexity index is 701. The van der Waals surface area contributed by atoms with E-state index in [2.05, 4.69) is 0 Å². The maximum Gasteiger partial charge on any atom is 0.396 e. The van der Waals surface area contributed by atoms with Crippen molar-refractivity contribution in [3.63, 3.8) is 0 Å². The average molecular weight is 285 g/mol. The van der Waals surface area contributed by atoms with Crippen LogP contribution in [0.3, 0.4) is 0 Å². The predicted octanol–water partition coefficient (Wildman–Crippen LogP) is 1.32. The Morgan fingerprint density at radius 1 is 1.22 bits per heavy atom. The second-order valence-electron chi connectivity index (χ2n) is 3.58. The molecule has 1 heterocycles. The zero-order valence-electron chi connectivity index (χ0n) is 8.86. The highest BCUT2D eigenvalue weighted by molar-refractivity contribution is 7.70. The van der Waals surface area contributed by atoms with Gasteiger partial charge in [-0.25, -0.2) is 0 Å². The van der Waals surface area contributed by atoms with E-state index in [-0.39, 0.29) is 5.56 Å². The molecular formula is C10H8NO5PS. The molecule has 0 radical (unpaired) electrons. The average Bonchev–Trinajstić information content (AvgIpc) is 2.69. The van der Waals surface area contributed by atoms with Crippen LogP contribution in [0.2, 0.25) is 0 Å². The Hall–Kier alpha value is -1.53. The summed E-state index contributed by atoms with van der Waals surface area (Å²) >= 11 is 1.15. The number of hydrogen-bond acceptors (Lipinski definition) is 4. The molecule has 1 amide bonds. The van der Waals surface area contributed by atoms with E-state index < -0.39 is 19.0 Å². The zero-order valence-corrected chi connectivity index (χ0v) is 10.6. The number of hydrogen-bond donors (Lipinski definition) is 3. The Morgan fingerprint density at radius 3 is 2.44 bits per heavy atom. The molecule has 1 aromatic carbocycles. The summed E-state index contributed by atoms with van der Waals surface area (Å²) in [7, 11) is -4.80. The molecule has 8 heteroatoms. The van der Waals surface area contributed by atoms with E-state index in [4.69, 9.17) is 15.5 Å². The molecule has 6 nitrogen and oxygen atoms in total. The zero-order chi connectivity index (χ0) is 13.5. The van der Waals surface area contributed by atoms with Crippen LogP contribution in [-0.2, 0) is 4.57 Å². The molecule has 2 aromatic rings. The van der Waals surface area contributed by atoms with Crippen LogP contribution >= 0.6 is 18.9 Å². The van der Waals surface area contributed by atoms with Gasteiger partial charge in [0, 0.05) is 10.3 Å². The standard InChI is InChI=1S/C10H8NO5PS/c11-9(12)8-4-6-3-5(1-2-7(6)18-8)10(13)17(14,15)16/h1-4H,(H2,11,12)(H2,14,15,16). The molecule has 18 heavy (non-hydrogen) atoms. The molecule has 0 atom stereocenters. The summed E-state index contributed by atoms with van der Waals surface area (Å²) in [4.78, 5) is 40.3. The maximum atomic E-state index is 11.4. The summed E-state index contributed by atoms with van der Waals surface area (Å²) in [5.41, 5.74) is 3.79. The molecule has 0 unspecified atom stereocenters. The fourth-order valence-corrected chi connectivity index (χ4v) is 2.84.